The highest BCUT2D eigenvalue weighted by atomic mass is 79.9. The summed E-state index contributed by atoms with van der Waals surface area (Å²) in [5.74, 6) is -1.37. The Bertz CT molecular complexity index is 797. The van der Waals surface area contributed by atoms with Gasteiger partial charge in [0.25, 0.3) is 0 Å². The van der Waals surface area contributed by atoms with Crippen molar-refractivity contribution in [1.82, 2.24) is 4.72 Å². The first-order chi connectivity index (χ1) is 10.3. The number of rotatable bonds is 5. The van der Waals surface area contributed by atoms with Crippen molar-refractivity contribution in [2.45, 2.75) is 11.4 Å². The van der Waals surface area contributed by atoms with Crippen LogP contribution in [0.4, 0.5) is 8.78 Å². The van der Waals surface area contributed by atoms with E-state index < -0.39 is 26.6 Å². The van der Waals surface area contributed by atoms with Crippen LogP contribution in [0.2, 0.25) is 0 Å². The maximum atomic E-state index is 13.6. The summed E-state index contributed by atoms with van der Waals surface area (Å²) in [5.41, 5.74) is 0.553. The molecule has 0 radical (unpaired) electrons. The van der Waals surface area contributed by atoms with Crippen LogP contribution in [0.1, 0.15) is 5.56 Å². The van der Waals surface area contributed by atoms with E-state index >= 15 is 0 Å². The average molecular weight is 392 g/mol. The van der Waals surface area contributed by atoms with Crippen molar-refractivity contribution < 1.29 is 21.9 Å². The summed E-state index contributed by atoms with van der Waals surface area (Å²) >= 11 is 3.27. The molecule has 22 heavy (non-hydrogen) atoms. The molecule has 118 valence electrons. The molecule has 0 heterocycles. The molecule has 0 aliphatic rings. The smallest absolute Gasteiger partial charge is 0.243 e. The van der Waals surface area contributed by atoms with Crippen molar-refractivity contribution in [3.8, 4) is 5.75 Å². The van der Waals surface area contributed by atoms with E-state index in [1.807, 2.05) is 0 Å². The second kappa shape index (κ2) is 6.72. The van der Waals surface area contributed by atoms with E-state index in [1.54, 1.807) is 18.2 Å². The fraction of sp³-hybridized carbons (Fsp3) is 0.143. The normalized spacial score (nSPS) is 11.5. The van der Waals surface area contributed by atoms with Gasteiger partial charge in [-0.15, -0.1) is 0 Å². The summed E-state index contributed by atoms with van der Waals surface area (Å²) in [6.45, 7) is -0.124. The number of benzene rings is 2. The highest BCUT2D eigenvalue weighted by molar-refractivity contribution is 9.10. The molecule has 0 fully saturated rings. The van der Waals surface area contributed by atoms with Crippen molar-refractivity contribution in [2.75, 3.05) is 7.11 Å². The van der Waals surface area contributed by atoms with Crippen LogP contribution in [0.25, 0.3) is 0 Å². The second-order valence-electron chi connectivity index (χ2n) is 4.36. The lowest BCUT2D eigenvalue weighted by Gasteiger charge is -2.11. The molecule has 0 aliphatic heterocycles. The molecule has 2 aromatic carbocycles. The molecule has 4 nitrogen and oxygen atoms in total. The van der Waals surface area contributed by atoms with Crippen LogP contribution < -0.4 is 9.46 Å². The average Bonchev–Trinajstić information content (AvgIpc) is 2.48. The highest BCUT2D eigenvalue weighted by Gasteiger charge is 2.20. The predicted octanol–water partition coefficient (Wildman–Crippen LogP) is 3.21. The van der Waals surface area contributed by atoms with Gasteiger partial charge in [0.05, 0.1) is 7.11 Å². The highest BCUT2D eigenvalue weighted by Crippen LogP contribution is 2.23. The van der Waals surface area contributed by atoms with E-state index in [1.165, 1.54) is 7.11 Å². The molecule has 0 saturated heterocycles. The molecule has 1 N–H and O–H groups in total. The number of methoxy groups -OCH3 is 1. The van der Waals surface area contributed by atoms with Crippen LogP contribution >= 0.6 is 15.9 Å². The van der Waals surface area contributed by atoms with Gasteiger partial charge in [0.1, 0.15) is 22.3 Å². The van der Waals surface area contributed by atoms with E-state index in [0.717, 1.165) is 16.6 Å². The van der Waals surface area contributed by atoms with Gasteiger partial charge in [0.15, 0.2) is 0 Å². The van der Waals surface area contributed by atoms with Crippen molar-refractivity contribution in [1.29, 1.82) is 0 Å². The lowest BCUT2D eigenvalue weighted by Crippen LogP contribution is -2.24. The Kier molecular flexibility index (Phi) is 5.15. The first-order valence-electron chi connectivity index (χ1n) is 6.10. The minimum absolute atomic E-state index is 0.124. The van der Waals surface area contributed by atoms with Crippen LogP contribution in [0.5, 0.6) is 5.75 Å². The lowest BCUT2D eigenvalue weighted by molar-refractivity contribution is 0.409. The largest absolute Gasteiger partial charge is 0.496 e. The number of halogens is 3. The molecule has 2 rings (SSSR count). The lowest BCUT2D eigenvalue weighted by atomic mass is 10.2. The molecule has 0 bridgehead atoms. The fourth-order valence-corrected chi connectivity index (χ4v) is 3.32. The third-order valence-corrected chi connectivity index (χ3v) is 4.79. The number of nitrogens with one attached hydrogen (secondary N) is 1. The summed E-state index contributed by atoms with van der Waals surface area (Å²) in [4.78, 5) is -0.735. The number of hydrogen-bond donors (Lipinski definition) is 1. The molecule has 0 aliphatic carbocycles. The van der Waals surface area contributed by atoms with Crippen LogP contribution in [-0.4, -0.2) is 15.5 Å². The Labute approximate surface area is 135 Å². The third-order valence-electron chi connectivity index (χ3n) is 2.88. The molecule has 0 aromatic heterocycles. The van der Waals surface area contributed by atoms with Crippen molar-refractivity contribution in [3.05, 3.63) is 58.1 Å². The molecule has 0 unspecified atom stereocenters. The molecular formula is C14H12BrF2NO3S. The standard InChI is InChI=1S/C14H12BrF2NO3S/c1-21-13-5-2-10(15)6-9(13)8-18-22(19,20)14-7-11(16)3-4-12(14)17/h2-7,18H,8H2,1H3. The maximum Gasteiger partial charge on any atom is 0.243 e. The zero-order valence-corrected chi connectivity index (χ0v) is 13.8. The van der Waals surface area contributed by atoms with Gasteiger partial charge in [0, 0.05) is 16.6 Å². The molecule has 2 aromatic rings. The molecule has 0 amide bonds. The summed E-state index contributed by atoms with van der Waals surface area (Å²) < 4.78 is 59.0. The second-order valence-corrected chi connectivity index (χ2v) is 7.01. The molecule has 0 atom stereocenters. The first-order valence-corrected chi connectivity index (χ1v) is 8.38. The Morgan fingerprint density at radius 3 is 2.59 bits per heavy atom. The third kappa shape index (κ3) is 3.82. The molecule has 0 spiro atoms. The van der Waals surface area contributed by atoms with Gasteiger partial charge in [0.2, 0.25) is 10.0 Å². The topological polar surface area (TPSA) is 55.4 Å². The quantitative estimate of drug-likeness (QED) is 0.851. The van der Waals surface area contributed by atoms with E-state index in [9.17, 15) is 17.2 Å². The SMILES string of the molecule is COc1ccc(Br)cc1CNS(=O)(=O)c1cc(F)ccc1F. The predicted molar refractivity (Wildman–Crippen MR) is 81.1 cm³/mol. The van der Waals surface area contributed by atoms with Crippen LogP contribution in [0.15, 0.2) is 45.8 Å². The monoisotopic (exact) mass is 391 g/mol. The Morgan fingerprint density at radius 1 is 1.18 bits per heavy atom. The number of hydrogen-bond acceptors (Lipinski definition) is 3. The van der Waals surface area contributed by atoms with Gasteiger partial charge >= 0.3 is 0 Å². The van der Waals surface area contributed by atoms with Crippen molar-refractivity contribution >= 4 is 26.0 Å². The first kappa shape index (κ1) is 16.9. The maximum absolute atomic E-state index is 13.6. The van der Waals surface area contributed by atoms with Crippen LogP contribution in [0, 0.1) is 11.6 Å². The van der Waals surface area contributed by atoms with E-state index in [4.69, 9.17) is 4.74 Å². The Hall–Kier alpha value is -1.51. The van der Waals surface area contributed by atoms with Crippen molar-refractivity contribution in [3.63, 3.8) is 0 Å². The Morgan fingerprint density at radius 2 is 1.91 bits per heavy atom. The molecular weight excluding hydrogens is 380 g/mol. The summed E-state index contributed by atoms with van der Waals surface area (Å²) in [7, 11) is -2.73. The van der Waals surface area contributed by atoms with Crippen LogP contribution in [-0.2, 0) is 16.6 Å². The fourth-order valence-electron chi connectivity index (χ4n) is 1.82. The van der Waals surface area contributed by atoms with Gasteiger partial charge in [-0.1, -0.05) is 15.9 Å². The zero-order valence-electron chi connectivity index (χ0n) is 11.4. The molecule has 0 saturated carbocycles. The van der Waals surface area contributed by atoms with E-state index in [0.29, 0.717) is 17.4 Å². The minimum Gasteiger partial charge on any atom is -0.496 e. The van der Waals surface area contributed by atoms with Crippen LogP contribution in [0.3, 0.4) is 0 Å². The Balaban J connectivity index is 2.27. The van der Waals surface area contributed by atoms with Gasteiger partial charge in [-0.2, -0.15) is 0 Å². The van der Waals surface area contributed by atoms with E-state index in [-0.39, 0.29) is 6.54 Å². The number of ether oxygens (including phenoxy) is 1. The summed E-state index contributed by atoms with van der Waals surface area (Å²) in [6.07, 6.45) is 0. The van der Waals surface area contributed by atoms with Gasteiger partial charge in [-0.05, 0) is 36.4 Å². The van der Waals surface area contributed by atoms with Gasteiger partial charge in [-0.3, -0.25) is 0 Å². The number of sulfonamides is 1. The van der Waals surface area contributed by atoms with E-state index in [2.05, 4.69) is 20.7 Å². The molecule has 8 heteroatoms. The van der Waals surface area contributed by atoms with Gasteiger partial charge < -0.3 is 4.74 Å². The minimum atomic E-state index is -4.19. The zero-order chi connectivity index (χ0) is 16.3. The summed E-state index contributed by atoms with van der Waals surface area (Å²) in [5, 5.41) is 0. The van der Waals surface area contributed by atoms with Gasteiger partial charge in [-0.25, -0.2) is 21.9 Å². The summed E-state index contributed by atoms with van der Waals surface area (Å²) in [6, 6.07) is 7.33. The van der Waals surface area contributed by atoms with Crippen molar-refractivity contribution in [2.24, 2.45) is 0 Å².